The van der Waals surface area contributed by atoms with Crippen LogP contribution in [0.2, 0.25) is 0 Å². The highest BCUT2D eigenvalue weighted by molar-refractivity contribution is 7.67. The molecule has 0 radical (unpaired) electrons. The van der Waals surface area contributed by atoms with Crippen molar-refractivity contribution in [3.05, 3.63) is 48.5 Å². The van der Waals surface area contributed by atoms with E-state index in [2.05, 4.69) is 0 Å². The summed E-state index contributed by atoms with van der Waals surface area (Å²) < 4.78 is 30.0. The fourth-order valence-electron chi connectivity index (χ4n) is 3.40. The van der Waals surface area contributed by atoms with Crippen molar-refractivity contribution in [2.45, 2.75) is 12.8 Å². The van der Waals surface area contributed by atoms with Crippen molar-refractivity contribution in [3.63, 3.8) is 0 Å². The van der Waals surface area contributed by atoms with Crippen LogP contribution in [0.3, 0.4) is 0 Å². The second kappa shape index (κ2) is 10.6. The number of hydrogen-bond acceptors (Lipinski definition) is 8. The molecular formula is C22H25O8P. The molecule has 0 saturated carbocycles. The number of fused-ring (bicyclic) bond motifs is 3. The third kappa shape index (κ3) is 5.53. The van der Waals surface area contributed by atoms with E-state index in [1.54, 1.807) is 24.3 Å². The number of carbonyl (C=O) groups is 2. The number of rotatable bonds is 10. The number of aliphatic hydroxyl groups is 2. The molecule has 2 aromatic carbocycles. The van der Waals surface area contributed by atoms with Crippen LogP contribution in [-0.2, 0) is 23.6 Å². The third-order valence-electron chi connectivity index (χ3n) is 4.80. The van der Waals surface area contributed by atoms with Crippen LogP contribution in [0, 0.1) is 5.92 Å². The number of benzene rings is 2. The highest BCUT2D eigenvalue weighted by Crippen LogP contribution is 2.55. The molecular weight excluding hydrogens is 423 g/mol. The zero-order valence-corrected chi connectivity index (χ0v) is 17.8. The Kier molecular flexibility index (Phi) is 7.85. The molecule has 2 atom stereocenters. The SMILES string of the molecule is O=C(CC(CP1(=O)Oc2ccccc2-c2ccccc21)C(=O)OCCCO)OCCO. The van der Waals surface area contributed by atoms with E-state index < -0.39 is 25.2 Å². The number of aliphatic hydroxyl groups excluding tert-OH is 2. The molecule has 0 amide bonds. The van der Waals surface area contributed by atoms with Gasteiger partial charge in [-0.15, -0.1) is 0 Å². The minimum Gasteiger partial charge on any atom is -0.465 e. The quantitative estimate of drug-likeness (QED) is 0.322. The van der Waals surface area contributed by atoms with Gasteiger partial charge in [0.25, 0.3) is 7.37 Å². The molecule has 0 aromatic heterocycles. The van der Waals surface area contributed by atoms with Gasteiger partial charge in [-0.1, -0.05) is 36.4 Å². The van der Waals surface area contributed by atoms with Crippen molar-refractivity contribution in [2.24, 2.45) is 5.92 Å². The molecule has 0 spiro atoms. The fourth-order valence-corrected chi connectivity index (χ4v) is 5.98. The summed E-state index contributed by atoms with van der Waals surface area (Å²) in [6.07, 6.45) is -0.364. The van der Waals surface area contributed by atoms with E-state index in [4.69, 9.17) is 24.2 Å². The van der Waals surface area contributed by atoms with E-state index in [0.717, 1.165) is 11.1 Å². The fraction of sp³-hybridized carbons (Fsp3) is 0.364. The summed E-state index contributed by atoms with van der Waals surface area (Å²) in [5, 5.41) is 18.2. The van der Waals surface area contributed by atoms with E-state index in [0.29, 0.717) is 11.1 Å². The number of ether oxygens (including phenoxy) is 2. The molecule has 1 aliphatic heterocycles. The second-order valence-electron chi connectivity index (χ2n) is 7.05. The second-order valence-corrected chi connectivity index (χ2v) is 9.43. The smallest absolute Gasteiger partial charge is 0.310 e. The van der Waals surface area contributed by atoms with Crippen molar-refractivity contribution in [3.8, 4) is 16.9 Å². The standard InChI is InChI=1S/C22H25O8P/c23-10-5-12-29-22(26)16(14-21(25)28-13-11-24)15-31(27)20-9-4-2-7-18(20)17-6-1-3-8-19(17)30-31/h1-4,6-9,16,23-24H,5,10-15H2. The molecule has 0 aliphatic carbocycles. The maximum atomic E-state index is 14.0. The number of carbonyl (C=O) groups excluding carboxylic acids is 2. The molecule has 2 unspecified atom stereocenters. The van der Waals surface area contributed by atoms with Crippen LogP contribution in [0.1, 0.15) is 12.8 Å². The zero-order valence-electron chi connectivity index (χ0n) is 16.9. The van der Waals surface area contributed by atoms with Gasteiger partial charge in [0, 0.05) is 18.6 Å². The van der Waals surface area contributed by atoms with E-state index in [1.165, 1.54) is 0 Å². The van der Waals surface area contributed by atoms with Gasteiger partial charge in [-0.2, -0.15) is 0 Å². The summed E-state index contributed by atoms with van der Waals surface area (Å²) >= 11 is 0. The van der Waals surface area contributed by atoms with Crippen LogP contribution in [0.25, 0.3) is 11.1 Å². The maximum absolute atomic E-state index is 14.0. The Balaban J connectivity index is 1.89. The van der Waals surface area contributed by atoms with Crippen LogP contribution >= 0.6 is 7.37 Å². The molecule has 2 N–H and O–H groups in total. The summed E-state index contributed by atoms with van der Waals surface area (Å²) in [5.41, 5.74) is 1.55. The molecule has 9 heteroatoms. The van der Waals surface area contributed by atoms with Gasteiger partial charge in [0.15, 0.2) is 0 Å². The highest BCUT2D eigenvalue weighted by atomic mass is 31.2. The normalized spacial score (nSPS) is 17.6. The molecule has 8 nitrogen and oxygen atoms in total. The van der Waals surface area contributed by atoms with Crippen LogP contribution in [0.5, 0.6) is 5.75 Å². The first-order valence-electron chi connectivity index (χ1n) is 10.00. The Bertz CT molecular complexity index is 973. The summed E-state index contributed by atoms with van der Waals surface area (Å²) in [4.78, 5) is 24.8. The largest absolute Gasteiger partial charge is 0.465 e. The van der Waals surface area contributed by atoms with Crippen LogP contribution in [0.15, 0.2) is 48.5 Å². The molecule has 166 valence electrons. The van der Waals surface area contributed by atoms with Crippen LogP contribution in [0.4, 0.5) is 0 Å². The highest BCUT2D eigenvalue weighted by Gasteiger charge is 2.41. The van der Waals surface area contributed by atoms with Gasteiger partial charge in [-0.25, -0.2) is 0 Å². The summed E-state index contributed by atoms with van der Waals surface area (Å²) in [6.45, 7) is -0.719. The van der Waals surface area contributed by atoms with E-state index in [9.17, 15) is 14.2 Å². The minimum atomic E-state index is -3.57. The maximum Gasteiger partial charge on any atom is 0.310 e. The van der Waals surface area contributed by atoms with Crippen molar-refractivity contribution < 1.29 is 38.4 Å². The molecule has 1 heterocycles. The topological polar surface area (TPSA) is 119 Å². The van der Waals surface area contributed by atoms with Gasteiger partial charge in [0.1, 0.15) is 12.4 Å². The van der Waals surface area contributed by atoms with Crippen molar-refractivity contribution in [2.75, 3.05) is 32.6 Å². The molecule has 1 aliphatic rings. The molecule has 0 fully saturated rings. The van der Waals surface area contributed by atoms with Gasteiger partial charge in [0.05, 0.1) is 37.0 Å². The van der Waals surface area contributed by atoms with Crippen LogP contribution in [-0.4, -0.2) is 54.7 Å². The summed E-state index contributed by atoms with van der Waals surface area (Å²) in [7, 11) is -3.57. The van der Waals surface area contributed by atoms with E-state index in [-0.39, 0.29) is 45.4 Å². The van der Waals surface area contributed by atoms with Crippen LogP contribution < -0.4 is 9.83 Å². The lowest BCUT2D eigenvalue weighted by atomic mass is 10.0. The van der Waals surface area contributed by atoms with E-state index in [1.807, 2.05) is 24.3 Å². The number of para-hydroxylation sites is 1. The first-order valence-corrected chi connectivity index (χ1v) is 11.8. The lowest BCUT2D eigenvalue weighted by molar-refractivity contribution is -0.155. The van der Waals surface area contributed by atoms with Crippen molar-refractivity contribution >= 4 is 24.6 Å². The molecule has 0 bridgehead atoms. The third-order valence-corrected chi connectivity index (χ3v) is 7.34. The Morgan fingerprint density at radius 1 is 0.935 bits per heavy atom. The van der Waals surface area contributed by atoms with Gasteiger partial charge in [-0.3, -0.25) is 14.2 Å². The minimum absolute atomic E-state index is 0.0257. The van der Waals surface area contributed by atoms with Crippen molar-refractivity contribution in [1.82, 2.24) is 0 Å². The van der Waals surface area contributed by atoms with Crippen molar-refractivity contribution in [1.29, 1.82) is 0 Å². The van der Waals surface area contributed by atoms with Gasteiger partial charge in [-0.05, 0) is 17.7 Å². The Morgan fingerprint density at radius 2 is 1.65 bits per heavy atom. The summed E-state index contributed by atoms with van der Waals surface area (Å²) in [6, 6.07) is 14.3. The predicted molar refractivity (Wildman–Crippen MR) is 113 cm³/mol. The lowest BCUT2D eigenvalue weighted by Crippen LogP contribution is -2.30. The molecule has 3 rings (SSSR count). The Labute approximate surface area is 180 Å². The molecule has 2 aromatic rings. The van der Waals surface area contributed by atoms with E-state index >= 15 is 0 Å². The average Bonchev–Trinajstić information content (AvgIpc) is 2.77. The monoisotopic (exact) mass is 448 g/mol. The Hall–Kier alpha value is -2.67. The average molecular weight is 448 g/mol. The first-order chi connectivity index (χ1) is 15.0. The molecule has 31 heavy (non-hydrogen) atoms. The predicted octanol–water partition coefficient (Wildman–Crippen LogP) is 2.12. The number of esters is 2. The van der Waals surface area contributed by atoms with Gasteiger partial charge >= 0.3 is 11.9 Å². The Morgan fingerprint density at radius 3 is 2.39 bits per heavy atom. The summed E-state index contributed by atoms with van der Waals surface area (Å²) in [5.74, 6) is -2.06. The van der Waals surface area contributed by atoms with Gasteiger partial charge < -0.3 is 24.2 Å². The molecule has 0 saturated heterocycles. The number of hydrogen-bond donors (Lipinski definition) is 2. The first kappa shape index (κ1) is 23.0. The zero-order chi connectivity index (χ0) is 22.3. The van der Waals surface area contributed by atoms with Gasteiger partial charge in [0.2, 0.25) is 0 Å². The lowest BCUT2D eigenvalue weighted by Gasteiger charge is -2.30.